The first kappa shape index (κ1) is 9.58. The van der Waals surface area contributed by atoms with Crippen molar-refractivity contribution in [1.82, 2.24) is 20.2 Å². The first-order chi connectivity index (χ1) is 6.52. The van der Waals surface area contributed by atoms with Crippen LogP contribution in [0.3, 0.4) is 0 Å². The lowest BCUT2D eigenvalue weighted by molar-refractivity contribution is 0.305. The molecule has 1 fully saturated rings. The molecule has 1 saturated carbocycles. The Labute approximate surface area is 83.7 Å². The Kier molecular flexibility index (Phi) is 2.06. The third kappa shape index (κ3) is 1.64. The fourth-order valence-corrected chi connectivity index (χ4v) is 1.48. The molecule has 2 rings (SSSR count). The van der Waals surface area contributed by atoms with E-state index in [-0.39, 0.29) is 5.54 Å². The normalized spacial score (nSPS) is 26.6. The summed E-state index contributed by atoms with van der Waals surface area (Å²) in [5, 5.41) is 12.5. The maximum absolute atomic E-state index is 5.57. The van der Waals surface area contributed by atoms with Gasteiger partial charge >= 0.3 is 0 Å². The maximum Gasteiger partial charge on any atom is 0.178 e. The molecule has 0 unspecified atom stereocenters. The van der Waals surface area contributed by atoms with E-state index in [4.69, 9.17) is 5.73 Å². The Morgan fingerprint density at radius 2 is 2.21 bits per heavy atom. The van der Waals surface area contributed by atoms with Crippen molar-refractivity contribution in [3.8, 4) is 0 Å². The molecule has 5 heteroatoms. The minimum absolute atomic E-state index is 0.0850. The van der Waals surface area contributed by atoms with Gasteiger partial charge in [-0.25, -0.2) is 0 Å². The van der Waals surface area contributed by atoms with Crippen LogP contribution in [-0.4, -0.2) is 26.8 Å². The van der Waals surface area contributed by atoms with E-state index in [0.717, 1.165) is 18.8 Å². The molecule has 14 heavy (non-hydrogen) atoms. The van der Waals surface area contributed by atoms with Gasteiger partial charge in [0.1, 0.15) is 0 Å². The summed E-state index contributed by atoms with van der Waals surface area (Å²) in [6, 6.07) is 0. The first-order valence-electron chi connectivity index (χ1n) is 5.03. The third-order valence-corrected chi connectivity index (χ3v) is 2.59. The quantitative estimate of drug-likeness (QED) is 0.745. The second kappa shape index (κ2) is 3.02. The standard InChI is InChI=1S/C9H17N5/c1-9(2,3)14-12-8(11-13-14)7-4-6(7)5-10/h6-7H,4-5,10H2,1-3H3/t6-,7+/m0/s1. The molecule has 1 aromatic heterocycles. The van der Waals surface area contributed by atoms with Crippen LogP contribution in [0.1, 0.15) is 38.9 Å². The number of hydrogen-bond donors (Lipinski definition) is 1. The Balaban J connectivity index is 2.12. The molecule has 1 aromatic rings. The largest absolute Gasteiger partial charge is 0.330 e. The lowest BCUT2D eigenvalue weighted by atomic mass is 10.1. The van der Waals surface area contributed by atoms with E-state index in [9.17, 15) is 0 Å². The summed E-state index contributed by atoms with van der Waals surface area (Å²) < 4.78 is 0. The van der Waals surface area contributed by atoms with E-state index >= 15 is 0 Å². The zero-order valence-corrected chi connectivity index (χ0v) is 8.94. The SMILES string of the molecule is CC(C)(C)n1nnc([C@@H]2C[C@H]2CN)n1. The molecule has 0 amide bonds. The first-order valence-corrected chi connectivity index (χ1v) is 5.03. The summed E-state index contributed by atoms with van der Waals surface area (Å²) in [5.74, 6) is 1.89. The predicted octanol–water partition coefficient (Wildman–Crippen LogP) is 0.490. The molecule has 5 nitrogen and oxygen atoms in total. The van der Waals surface area contributed by atoms with Crippen LogP contribution in [-0.2, 0) is 5.54 Å². The van der Waals surface area contributed by atoms with Crippen molar-refractivity contribution in [1.29, 1.82) is 0 Å². The van der Waals surface area contributed by atoms with Crippen molar-refractivity contribution in [2.75, 3.05) is 6.54 Å². The average molecular weight is 195 g/mol. The van der Waals surface area contributed by atoms with Gasteiger partial charge in [0.2, 0.25) is 0 Å². The number of tetrazole rings is 1. The van der Waals surface area contributed by atoms with Crippen LogP contribution in [0.2, 0.25) is 0 Å². The lowest BCUT2D eigenvalue weighted by Crippen LogP contribution is -2.24. The van der Waals surface area contributed by atoms with Crippen molar-refractivity contribution in [2.45, 2.75) is 38.6 Å². The van der Waals surface area contributed by atoms with Crippen LogP contribution in [0.5, 0.6) is 0 Å². The summed E-state index contributed by atoms with van der Waals surface area (Å²) in [5.41, 5.74) is 5.49. The van der Waals surface area contributed by atoms with E-state index in [1.807, 2.05) is 0 Å². The number of nitrogens with two attached hydrogens (primary N) is 1. The zero-order valence-electron chi connectivity index (χ0n) is 8.94. The molecule has 0 spiro atoms. The van der Waals surface area contributed by atoms with Crippen LogP contribution in [0, 0.1) is 5.92 Å². The highest BCUT2D eigenvalue weighted by Crippen LogP contribution is 2.44. The Morgan fingerprint density at radius 1 is 1.50 bits per heavy atom. The van der Waals surface area contributed by atoms with Gasteiger partial charge in [-0.1, -0.05) is 0 Å². The molecule has 1 aliphatic rings. The number of rotatable bonds is 2. The van der Waals surface area contributed by atoms with E-state index in [0.29, 0.717) is 11.8 Å². The Morgan fingerprint density at radius 3 is 2.64 bits per heavy atom. The highest BCUT2D eigenvalue weighted by atomic mass is 15.6. The Hall–Kier alpha value is -0.970. The second-order valence-corrected chi connectivity index (χ2v) is 4.95. The minimum Gasteiger partial charge on any atom is -0.330 e. The molecule has 0 bridgehead atoms. The molecular weight excluding hydrogens is 178 g/mol. The molecule has 78 valence electrons. The van der Waals surface area contributed by atoms with Crippen molar-refractivity contribution in [2.24, 2.45) is 11.7 Å². The van der Waals surface area contributed by atoms with Crippen LogP contribution < -0.4 is 5.73 Å². The third-order valence-electron chi connectivity index (χ3n) is 2.59. The topological polar surface area (TPSA) is 69.6 Å². The smallest absolute Gasteiger partial charge is 0.178 e. The number of aromatic nitrogens is 4. The van der Waals surface area contributed by atoms with Gasteiger partial charge in [-0.15, -0.1) is 10.2 Å². The highest BCUT2D eigenvalue weighted by Gasteiger charge is 2.40. The van der Waals surface area contributed by atoms with Crippen LogP contribution in [0.15, 0.2) is 0 Å². The maximum atomic E-state index is 5.57. The van der Waals surface area contributed by atoms with E-state index in [2.05, 4.69) is 36.2 Å². The molecule has 1 aliphatic carbocycles. The zero-order chi connectivity index (χ0) is 10.3. The van der Waals surface area contributed by atoms with E-state index < -0.39 is 0 Å². The summed E-state index contributed by atoms with van der Waals surface area (Å²) in [7, 11) is 0. The lowest BCUT2D eigenvalue weighted by Gasteiger charge is -2.15. The van der Waals surface area contributed by atoms with Crippen molar-refractivity contribution in [3.05, 3.63) is 5.82 Å². The van der Waals surface area contributed by atoms with E-state index in [1.165, 1.54) is 0 Å². The van der Waals surface area contributed by atoms with Crippen LogP contribution in [0.4, 0.5) is 0 Å². The molecular formula is C9H17N5. The minimum atomic E-state index is -0.0850. The second-order valence-electron chi connectivity index (χ2n) is 4.95. The molecule has 0 aromatic carbocycles. The fourth-order valence-electron chi connectivity index (χ4n) is 1.48. The van der Waals surface area contributed by atoms with Gasteiger partial charge in [0.15, 0.2) is 5.82 Å². The molecule has 0 aliphatic heterocycles. The fraction of sp³-hybridized carbons (Fsp3) is 0.889. The van der Waals surface area contributed by atoms with Gasteiger partial charge < -0.3 is 5.73 Å². The number of nitrogens with zero attached hydrogens (tertiary/aromatic N) is 4. The van der Waals surface area contributed by atoms with Gasteiger partial charge in [-0.3, -0.25) is 0 Å². The van der Waals surface area contributed by atoms with Crippen LogP contribution in [0.25, 0.3) is 0 Å². The van der Waals surface area contributed by atoms with Gasteiger partial charge in [0.05, 0.1) is 5.54 Å². The molecule has 0 saturated heterocycles. The molecule has 1 heterocycles. The summed E-state index contributed by atoms with van der Waals surface area (Å²) in [6.45, 7) is 6.91. The summed E-state index contributed by atoms with van der Waals surface area (Å²) >= 11 is 0. The molecule has 0 radical (unpaired) electrons. The molecule has 2 N–H and O–H groups in total. The van der Waals surface area contributed by atoms with Gasteiger partial charge in [0.25, 0.3) is 0 Å². The monoisotopic (exact) mass is 195 g/mol. The predicted molar refractivity (Wildman–Crippen MR) is 52.7 cm³/mol. The van der Waals surface area contributed by atoms with Crippen LogP contribution >= 0.6 is 0 Å². The van der Waals surface area contributed by atoms with Crippen molar-refractivity contribution in [3.63, 3.8) is 0 Å². The van der Waals surface area contributed by atoms with Gasteiger partial charge in [0, 0.05) is 5.92 Å². The van der Waals surface area contributed by atoms with E-state index in [1.54, 1.807) is 4.80 Å². The summed E-state index contributed by atoms with van der Waals surface area (Å²) in [4.78, 5) is 1.67. The van der Waals surface area contributed by atoms with Gasteiger partial charge in [-0.05, 0) is 44.9 Å². The van der Waals surface area contributed by atoms with Crippen molar-refractivity contribution < 1.29 is 0 Å². The van der Waals surface area contributed by atoms with Crippen molar-refractivity contribution >= 4 is 0 Å². The number of hydrogen-bond acceptors (Lipinski definition) is 4. The average Bonchev–Trinajstić information content (AvgIpc) is 2.71. The Bertz CT molecular complexity index is 324. The van der Waals surface area contributed by atoms with Gasteiger partial charge in [-0.2, -0.15) is 4.80 Å². The molecule has 2 atom stereocenters. The summed E-state index contributed by atoms with van der Waals surface area (Å²) in [6.07, 6.45) is 1.12. The highest BCUT2D eigenvalue weighted by molar-refractivity contribution is 5.07.